The minimum Gasteiger partial charge on any atom is -0.378 e. The number of para-hydroxylation sites is 1. The van der Waals surface area contributed by atoms with Crippen molar-refractivity contribution < 1.29 is 14.4 Å². The zero-order chi connectivity index (χ0) is 28.3. The summed E-state index contributed by atoms with van der Waals surface area (Å²) in [6.07, 6.45) is 0. The minimum atomic E-state index is -1.01. The van der Waals surface area contributed by atoms with E-state index >= 15 is 0 Å². The van der Waals surface area contributed by atoms with Crippen LogP contribution in [0.5, 0.6) is 0 Å². The smallest absolute Gasteiger partial charge is 0.249 e. The van der Waals surface area contributed by atoms with Gasteiger partial charge in [-0.1, -0.05) is 41.6 Å². The molecule has 39 heavy (non-hydrogen) atoms. The second kappa shape index (κ2) is 11.1. The Bertz CT molecular complexity index is 1500. The van der Waals surface area contributed by atoms with Crippen molar-refractivity contribution in [2.45, 2.75) is 45.8 Å². The first-order valence-corrected chi connectivity index (χ1v) is 12.8. The summed E-state index contributed by atoms with van der Waals surface area (Å²) < 4.78 is 1.52. The maximum absolute atomic E-state index is 14.2. The summed E-state index contributed by atoms with van der Waals surface area (Å²) in [6.45, 7) is 6.99. The quantitative estimate of drug-likeness (QED) is 0.342. The van der Waals surface area contributed by atoms with E-state index in [2.05, 4.69) is 15.6 Å². The van der Waals surface area contributed by atoms with Crippen molar-refractivity contribution in [2.75, 3.05) is 23.9 Å². The van der Waals surface area contributed by atoms with Crippen LogP contribution in [0.15, 0.2) is 72.8 Å². The third-order valence-corrected chi connectivity index (χ3v) is 6.23. The van der Waals surface area contributed by atoms with Crippen molar-refractivity contribution in [3.63, 3.8) is 0 Å². The fraction of sp³-hybridized carbons (Fsp3) is 0.300. The number of fused-ring (bicyclic) bond motifs is 1. The second-order valence-electron chi connectivity index (χ2n) is 10.7. The first-order valence-electron chi connectivity index (χ1n) is 12.8. The summed E-state index contributed by atoms with van der Waals surface area (Å²) in [5.41, 5.74) is 3.28. The number of amides is 2. The summed E-state index contributed by atoms with van der Waals surface area (Å²) in [5, 5.41) is 11.4. The largest absolute Gasteiger partial charge is 0.378 e. The number of ketones is 1. The highest BCUT2D eigenvalue weighted by Gasteiger charge is 2.35. The van der Waals surface area contributed by atoms with Gasteiger partial charge < -0.3 is 10.2 Å². The third-order valence-electron chi connectivity index (χ3n) is 6.23. The Morgan fingerprint density at radius 1 is 0.923 bits per heavy atom. The van der Waals surface area contributed by atoms with E-state index in [0.717, 1.165) is 5.69 Å². The molecular weight excluding hydrogens is 492 g/mol. The molecule has 0 aliphatic rings. The van der Waals surface area contributed by atoms with Crippen LogP contribution < -0.4 is 15.1 Å². The number of benzene rings is 3. The molecule has 0 spiro atoms. The molecule has 1 unspecified atom stereocenters. The second-order valence-corrected chi connectivity index (χ2v) is 10.7. The Hall–Kier alpha value is -4.53. The van der Waals surface area contributed by atoms with Crippen LogP contribution in [0.1, 0.15) is 49.7 Å². The zero-order valence-electron chi connectivity index (χ0n) is 23.2. The number of nitrogens with zero attached hydrogens (tertiary/aromatic N) is 5. The first-order chi connectivity index (χ1) is 18.4. The van der Waals surface area contributed by atoms with Crippen LogP contribution >= 0.6 is 0 Å². The van der Waals surface area contributed by atoms with Gasteiger partial charge in [0.1, 0.15) is 18.1 Å². The van der Waals surface area contributed by atoms with E-state index in [-0.39, 0.29) is 24.1 Å². The molecule has 202 valence electrons. The molecule has 9 heteroatoms. The number of rotatable bonds is 8. The lowest BCUT2D eigenvalue weighted by atomic mass is 9.99. The van der Waals surface area contributed by atoms with Crippen LogP contribution in [0, 0.1) is 0 Å². The molecule has 3 aromatic carbocycles. The maximum Gasteiger partial charge on any atom is 0.249 e. The number of aromatic nitrogens is 3. The van der Waals surface area contributed by atoms with E-state index in [1.54, 1.807) is 24.3 Å². The van der Waals surface area contributed by atoms with E-state index in [0.29, 0.717) is 27.8 Å². The topological polar surface area (TPSA) is 100 Å². The number of Topliss-reactive ketones (excluding diaryl/α,β-unsaturated/α-hetero) is 1. The molecule has 0 radical (unpaired) electrons. The molecule has 4 rings (SSSR count). The van der Waals surface area contributed by atoms with Crippen LogP contribution in [-0.4, -0.2) is 52.2 Å². The lowest BCUT2D eigenvalue weighted by Gasteiger charge is -2.34. The van der Waals surface area contributed by atoms with Crippen LogP contribution in [-0.2, 0) is 16.1 Å². The number of nitrogens with one attached hydrogen (secondary N) is 1. The van der Waals surface area contributed by atoms with Crippen molar-refractivity contribution in [3.05, 3.63) is 83.9 Å². The highest BCUT2D eigenvalue weighted by atomic mass is 16.2. The van der Waals surface area contributed by atoms with Gasteiger partial charge in [0.05, 0.1) is 5.52 Å². The predicted molar refractivity (Wildman–Crippen MR) is 153 cm³/mol. The number of hydrogen-bond donors (Lipinski definition) is 1. The Kier molecular flexibility index (Phi) is 7.80. The van der Waals surface area contributed by atoms with Gasteiger partial charge in [0.15, 0.2) is 5.78 Å². The average Bonchev–Trinajstić information content (AvgIpc) is 3.28. The first kappa shape index (κ1) is 27.5. The fourth-order valence-corrected chi connectivity index (χ4v) is 4.36. The molecule has 1 heterocycles. The normalized spacial score (nSPS) is 12.2. The van der Waals surface area contributed by atoms with Gasteiger partial charge in [0, 0.05) is 36.6 Å². The molecule has 1 N–H and O–H groups in total. The molecule has 0 aliphatic heterocycles. The number of carbonyl (C=O) groups is 3. The summed E-state index contributed by atoms with van der Waals surface area (Å²) >= 11 is 0. The number of hydrogen-bond acceptors (Lipinski definition) is 6. The van der Waals surface area contributed by atoms with Gasteiger partial charge in [0.25, 0.3) is 0 Å². The van der Waals surface area contributed by atoms with Gasteiger partial charge >= 0.3 is 0 Å². The molecule has 0 saturated heterocycles. The Morgan fingerprint density at radius 3 is 2.26 bits per heavy atom. The highest BCUT2D eigenvalue weighted by Crippen LogP contribution is 2.31. The summed E-state index contributed by atoms with van der Waals surface area (Å²) in [7, 11) is 3.87. The molecular formula is C30H34N6O3. The SMILES string of the molecule is CC(=O)c1cccc(N(C(=O)Cn2nnc3ccccc32)C(C(=O)NC(C)(C)C)c2ccc(N(C)C)cc2)c1. The maximum atomic E-state index is 14.2. The van der Waals surface area contributed by atoms with Gasteiger partial charge in [-0.05, 0) is 69.7 Å². The molecule has 0 bridgehead atoms. The van der Waals surface area contributed by atoms with Gasteiger partial charge in [-0.15, -0.1) is 5.10 Å². The number of anilines is 2. The van der Waals surface area contributed by atoms with Crippen molar-refractivity contribution in [1.29, 1.82) is 0 Å². The molecule has 0 saturated carbocycles. The van der Waals surface area contributed by atoms with E-state index in [9.17, 15) is 14.4 Å². The fourth-order valence-electron chi connectivity index (χ4n) is 4.36. The van der Waals surface area contributed by atoms with Crippen molar-refractivity contribution >= 4 is 40.0 Å². The molecule has 1 atom stereocenters. The van der Waals surface area contributed by atoms with Gasteiger partial charge in [-0.25, -0.2) is 4.68 Å². The minimum absolute atomic E-state index is 0.141. The molecule has 1 aromatic heterocycles. The lowest BCUT2D eigenvalue weighted by molar-refractivity contribution is -0.128. The van der Waals surface area contributed by atoms with Crippen molar-refractivity contribution in [1.82, 2.24) is 20.3 Å². The standard InChI is InChI=1S/C30H34N6O3/c1-20(37)22-10-9-11-24(18-22)36(27(38)19-35-26-13-8-7-12-25(26)32-33-35)28(29(39)31-30(2,3)4)21-14-16-23(17-15-21)34(5)6/h7-18,28H,19H2,1-6H3,(H,31,39). The van der Waals surface area contributed by atoms with Gasteiger partial charge in [-0.2, -0.15) is 0 Å². The average molecular weight is 527 g/mol. The van der Waals surface area contributed by atoms with Crippen molar-refractivity contribution in [3.8, 4) is 0 Å². The van der Waals surface area contributed by atoms with Crippen LogP contribution in [0.25, 0.3) is 11.0 Å². The van der Waals surface area contributed by atoms with Gasteiger partial charge in [-0.3, -0.25) is 19.3 Å². The Balaban J connectivity index is 1.86. The summed E-state index contributed by atoms with van der Waals surface area (Å²) in [4.78, 5) is 43.7. The molecule has 0 aliphatic carbocycles. The zero-order valence-corrected chi connectivity index (χ0v) is 23.2. The van der Waals surface area contributed by atoms with Crippen LogP contribution in [0.2, 0.25) is 0 Å². The van der Waals surface area contributed by atoms with Crippen molar-refractivity contribution in [2.24, 2.45) is 0 Å². The lowest BCUT2D eigenvalue weighted by Crippen LogP contribution is -2.50. The molecule has 2 amide bonds. The van der Waals surface area contributed by atoms with E-state index in [1.807, 2.05) is 88.3 Å². The third kappa shape index (κ3) is 6.31. The van der Waals surface area contributed by atoms with E-state index in [4.69, 9.17) is 0 Å². The van der Waals surface area contributed by atoms with Crippen LogP contribution in [0.3, 0.4) is 0 Å². The van der Waals surface area contributed by atoms with Gasteiger partial charge in [0.2, 0.25) is 11.8 Å². The Morgan fingerprint density at radius 2 is 1.62 bits per heavy atom. The summed E-state index contributed by atoms with van der Waals surface area (Å²) in [5.74, 6) is -0.861. The molecule has 0 fully saturated rings. The molecule has 4 aromatic rings. The number of carbonyl (C=O) groups excluding carboxylic acids is 3. The summed E-state index contributed by atoms with van der Waals surface area (Å²) in [6, 6.07) is 20.7. The predicted octanol–water partition coefficient (Wildman–Crippen LogP) is 4.39. The molecule has 9 nitrogen and oxygen atoms in total. The van der Waals surface area contributed by atoms with E-state index in [1.165, 1.54) is 16.5 Å². The highest BCUT2D eigenvalue weighted by molar-refractivity contribution is 6.03. The van der Waals surface area contributed by atoms with E-state index < -0.39 is 11.6 Å². The monoisotopic (exact) mass is 526 g/mol. The van der Waals surface area contributed by atoms with Crippen LogP contribution in [0.4, 0.5) is 11.4 Å². The Labute approximate surface area is 228 Å².